The van der Waals surface area contributed by atoms with E-state index in [1.807, 2.05) is 0 Å². The first-order valence-corrected chi connectivity index (χ1v) is 10.6. The first-order valence-electron chi connectivity index (χ1n) is 10.6. The van der Waals surface area contributed by atoms with Crippen LogP contribution in [0.5, 0.6) is 0 Å². The smallest absolute Gasteiger partial charge is 0.00473 e. The Kier molecular flexibility index (Phi) is 10.7. The van der Waals surface area contributed by atoms with Crippen molar-refractivity contribution in [3.63, 3.8) is 0 Å². The van der Waals surface area contributed by atoms with Gasteiger partial charge in [-0.05, 0) is 24.7 Å². The van der Waals surface area contributed by atoms with E-state index >= 15 is 0 Å². The quantitative estimate of drug-likeness (QED) is 0.268. The fraction of sp³-hybridized carbons (Fsp3) is 0.667. The molecule has 0 unspecified atom stereocenters. The summed E-state index contributed by atoms with van der Waals surface area (Å²) < 4.78 is 0. The first-order chi connectivity index (χ1) is 11.9. The Balaban J connectivity index is 1.23. The van der Waals surface area contributed by atoms with Crippen LogP contribution in [0.4, 0.5) is 0 Å². The molecule has 0 atom stereocenters. The summed E-state index contributed by atoms with van der Waals surface area (Å²) in [4.78, 5) is 0. The number of hydrogen-bond acceptors (Lipinski definition) is 0. The molecule has 0 aromatic rings. The lowest BCUT2D eigenvalue weighted by Crippen LogP contribution is -1.90. The van der Waals surface area contributed by atoms with Gasteiger partial charge in [0, 0.05) is 0 Å². The van der Waals surface area contributed by atoms with Gasteiger partial charge in [-0.15, -0.1) is 0 Å². The van der Waals surface area contributed by atoms with Crippen LogP contribution in [-0.2, 0) is 0 Å². The van der Waals surface area contributed by atoms with Gasteiger partial charge in [0.25, 0.3) is 0 Å². The Labute approximate surface area is 150 Å². The SMILES string of the molecule is C1=CC(CCCCCCCCCCCCCCC2C=CC=C2)C=C1. The average molecular weight is 327 g/mol. The summed E-state index contributed by atoms with van der Waals surface area (Å²) >= 11 is 0. The van der Waals surface area contributed by atoms with Crippen molar-refractivity contribution < 1.29 is 0 Å². The molecule has 2 aliphatic carbocycles. The summed E-state index contributed by atoms with van der Waals surface area (Å²) in [6, 6.07) is 0. The van der Waals surface area contributed by atoms with E-state index in [2.05, 4.69) is 48.6 Å². The highest BCUT2D eigenvalue weighted by molar-refractivity contribution is 5.17. The molecule has 2 rings (SSSR count). The van der Waals surface area contributed by atoms with Crippen molar-refractivity contribution in [2.24, 2.45) is 11.8 Å². The maximum absolute atomic E-state index is 2.34. The van der Waals surface area contributed by atoms with Crippen molar-refractivity contribution in [2.45, 2.75) is 89.9 Å². The summed E-state index contributed by atoms with van der Waals surface area (Å²) in [7, 11) is 0. The number of rotatable bonds is 15. The molecule has 0 aliphatic heterocycles. The molecule has 24 heavy (non-hydrogen) atoms. The second kappa shape index (κ2) is 13.3. The van der Waals surface area contributed by atoms with Crippen molar-refractivity contribution in [3.05, 3.63) is 48.6 Å². The van der Waals surface area contributed by atoms with Crippen LogP contribution in [0.3, 0.4) is 0 Å². The molecule has 0 saturated heterocycles. The largest absolute Gasteiger partial charge is 0.0776 e. The molecule has 0 bridgehead atoms. The second-order valence-corrected chi connectivity index (χ2v) is 7.69. The van der Waals surface area contributed by atoms with Crippen molar-refractivity contribution in [3.8, 4) is 0 Å². The number of hydrogen-bond donors (Lipinski definition) is 0. The van der Waals surface area contributed by atoms with Gasteiger partial charge in [0.2, 0.25) is 0 Å². The van der Waals surface area contributed by atoms with E-state index in [-0.39, 0.29) is 0 Å². The van der Waals surface area contributed by atoms with Gasteiger partial charge >= 0.3 is 0 Å². The monoisotopic (exact) mass is 326 g/mol. The van der Waals surface area contributed by atoms with Crippen molar-refractivity contribution >= 4 is 0 Å². The Morgan fingerprint density at radius 1 is 0.333 bits per heavy atom. The molecule has 0 amide bonds. The Hall–Kier alpha value is -1.04. The fourth-order valence-electron chi connectivity index (χ4n) is 3.87. The molecular weight excluding hydrogens is 288 g/mol. The molecule has 0 aromatic heterocycles. The van der Waals surface area contributed by atoms with E-state index < -0.39 is 0 Å². The summed E-state index contributed by atoms with van der Waals surface area (Å²) in [5.41, 5.74) is 0. The maximum atomic E-state index is 2.34. The molecule has 0 saturated carbocycles. The lowest BCUT2D eigenvalue weighted by molar-refractivity contribution is 0.523. The zero-order chi connectivity index (χ0) is 16.7. The highest BCUT2D eigenvalue weighted by atomic mass is 14.1. The minimum Gasteiger partial charge on any atom is -0.0776 e. The second-order valence-electron chi connectivity index (χ2n) is 7.69. The number of allylic oxidation sites excluding steroid dienone is 8. The van der Waals surface area contributed by atoms with Crippen LogP contribution >= 0.6 is 0 Å². The van der Waals surface area contributed by atoms with E-state index in [0.717, 1.165) is 11.8 Å². The van der Waals surface area contributed by atoms with E-state index in [1.54, 1.807) is 0 Å². The summed E-state index contributed by atoms with van der Waals surface area (Å²) in [6.07, 6.45) is 38.2. The molecule has 2 aliphatic rings. The molecule has 0 heteroatoms. The minimum absolute atomic E-state index is 0.746. The third-order valence-corrected chi connectivity index (χ3v) is 5.48. The third kappa shape index (κ3) is 9.30. The van der Waals surface area contributed by atoms with Crippen molar-refractivity contribution in [1.29, 1.82) is 0 Å². The average Bonchev–Trinajstić information content (AvgIpc) is 3.28. The van der Waals surface area contributed by atoms with Crippen molar-refractivity contribution in [1.82, 2.24) is 0 Å². The lowest BCUT2D eigenvalue weighted by atomic mass is 10.00. The van der Waals surface area contributed by atoms with Gasteiger partial charge in [-0.25, -0.2) is 0 Å². The topological polar surface area (TPSA) is 0 Å². The van der Waals surface area contributed by atoms with Gasteiger partial charge in [0.1, 0.15) is 0 Å². The van der Waals surface area contributed by atoms with Crippen LogP contribution in [0.2, 0.25) is 0 Å². The molecule has 0 radical (unpaired) electrons. The minimum atomic E-state index is 0.746. The molecule has 0 aromatic carbocycles. The van der Waals surface area contributed by atoms with E-state index in [4.69, 9.17) is 0 Å². The van der Waals surface area contributed by atoms with E-state index in [0.29, 0.717) is 0 Å². The van der Waals surface area contributed by atoms with Gasteiger partial charge in [-0.3, -0.25) is 0 Å². The van der Waals surface area contributed by atoms with Crippen LogP contribution in [0, 0.1) is 11.8 Å². The molecule has 0 nitrogen and oxygen atoms in total. The van der Waals surface area contributed by atoms with Gasteiger partial charge in [-0.1, -0.05) is 126 Å². The third-order valence-electron chi connectivity index (χ3n) is 5.48. The Morgan fingerprint density at radius 2 is 0.583 bits per heavy atom. The van der Waals surface area contributed by atoms with E-state index in [9.17, 15) is 0 Å². The Bertz CT molecular complexity index is 346. The zero-order valence-corrected chi connectivity index (χ0v) is 15.7. The highest BCUT2D eigenvalue weighted by Gasteiger charge is 2.03. The first kappa shape index (κ1) is 19.3. The van der Waals surface area contributed by atoms with Crippen LogP contribution in [0.15, 0.2) is 48.6 Å². The molecule has 0 spiro atoms. The predicted molar refractivity (Wildman–Crippen MR) is 108 cm³/mol. The summed E-state index contributed by atoms with van der Waals surface area (Å²) in [5, 5.41) is 0. The summed E-state index contributed by atoms with van der Waals surface area (Å²) in [6.45, 7) is 0. The highest BCUT2D eigenvalue weighted by Crippen LogP contribution is 2.19. The molecule has 0 N–H and O–H groups in total. The molecular formula is C24H38. The van der Waals surface area contributed by atoms with Crippen LogP contribution in [-0.4, -0.2) is 0 Å². The van der Waals surface area contributed by atoms with Gasteiger partial charge in [0.05, 0.1) is 0 Å². The predicted octanol–water partition coefficient (Wildman–Crippen LogP) is 7.93. The van der Waals surface area contributed by atoms with E-state index in [1.165, 1.54) is 89.9 Å². The Morgan fingerprint density at radius 3 is 0.875 bits per heavy atom. The van der Waals surface area contributed by atoms with Crippen molar-refractivity contribution in [2.75, 3.05) is 0 Å². The van der Waals surface area contributed by atoms with Gasteiger partial charge in [-0.2, -0.15) is 0 Å². The lowest BCUT2D eigenvalue weighted by Gasteiger charge is -2.06. The molecule has 0 heterocycles. The normalized spacial score (nSPS) is 16.8. The number of unbranched alkanes of at least 4 members (excludes halogenated alkanes) is 11. The van der Waals surface area contributed by atoms with Crippen LogP contribution < -0.4 is 0 Å². The van der Waals surface area contributed by atoms with Gasteiger partial charge < -0.3 is 0 Å². The standard InChI is InChI=1S/C24H38/c1(3-5-7-9-11-17-23-19-13-14-20-23)2-4-6-8-10-12-18-24-21-15-16-22-24/h13-16,19-24H,1-12,17-18H2. The summed E-state index contributed by atoms with van der Waals surface area (Å²) in [5.74, 6) is 1.49. The fourth-order valence-corrected chi connectivity index (χ4v) is 3.87. The molecule has 134 valence electrons. The zero-order valence-electron chi connectivity index (χ0n) is 15.7. The van der Waals surface area contributed by atoms with Gasteiger partial charge in [0.15, 0.2) is 0 Å². The molecule has 0 fully saturated rings. The van der Waals surface area contributed by atoms with Crippen LogP contribution in [0.1, 0.15) is 89.9 Å². The van der Waals surface area contributed by atoms with Crippen LogP contribution in [0.25, 0.3) is 0 Å². The maximum Gasteiger partial charge on any atom is -0.00473 e.